The topological polar surface area (TPSA) is 26.3 Å². The number of fused-ring (bicyclic) bond motifs is 2. The number of ether oxygens (including phenoxy) is 1. The lowest BCUT2D eigenvalue weighted by atomic mass is 9.79. The first kappa shape index (κ1) is 16.0. The zero-order chi connectivity index (χ0) is 17.3. The summed E-state index contributed by atoms with van der Waals surface area (Å²) < 4.78 is 6.21. The number of carbonyl (C=O) groups excluding carboxylic acids is 1. The van der Waals surface area contributed by atoms with Gasteiger partial charge in [-0.25, -0.2) is 0 Å². The maximum Gasteiger partial charge on any atom is 0.307 e. The molecular formula is C22H18O2S. The zero-order valence-electron chi connectivity index (χ0n) is 13.9. The molecule has 0 radical (unpaired) electrons. The average molecular weight is 346 g/mol. The molecule has 0 aliphatic carbocycles. The minimum Gasteiger partial charge on any atom is -0.444 e. The highest BCUT2D eigenvalue weighted by molar-refractivity contribution is 7.99. The van der Waals surface area contributed by atoms with Gasteiger partial charge in [0, 0.05) is 32.9 Å². The van der Waals surface area contributed by atoms with Crippen molar-refractivity contribution in [3.63, 3.8) is 0 Å². The van der Waals surface area contributed by atoms with E-state index < -0.39 is 5.60 Å². The second kappa shape index (κ2) is 6.41. The van der Waals surface area contributed by atoms with Crippen LogP contribution in [0.2, 0.25) is 0 Å². The van der Waals surface area contributed by atoms with Crippen molar-refractivity contribution in [3.8, 4) is 0 Å². The van der Waals surface area contributed by atoms with Gasteiger partial charge >= 0.3 is 5.97 Å². The van der Waals surface area contributed by atoms with E-state index in [-0.39, 0.29) is 5.97 Å². The molecule has 3 aromatic rings. The molecule has 3 aromatic carbocycles. The van der Waals surface area contributed by atoms with Gasteiger partial charge in [0.15, 0.2) is 5.60 Å². The third-order valence-corrected chi connectivity index (χ3v) is 5.64. The van der Waals surface area contributed by atoms with Crippen molar-refractivity contribution in [2.24, 2.45) is 0 Å². The molecule has 0 bridgehead atoms. The predicted octanol–water partition coefficient (Wildman–Crippen LogP) is 5.40. The Morgan fingerprint density at radius 1 is 0.840 bits per heavy atom. The molecule has 4 rings (SSSR count). The zero-order valence-corrected chi connectivity index (χ0v) is 14.8. The normalized spacial score (nSPS) is 14.3. The van der Waals surface area contributed by atoms with E-state index in [4.69, 9.17) is 4.74 Å². The molecule has 1 aliphatic rings. The molecule has 0 saturated heterocycles. The first-order chi connectivity index (χ1) is 12.3. The molecule has 0 atom stereocenters. The highest BCUT2D eigenvalue weighted by Crippen LogP contribution is 2.53. The highest BCUT2D eigenvalue weighted by Gasteiger charge is 2.45. The number of carbonyl (C=O) groups is 1. The molecule has 3 heteroatoms. The molecule has 0 saturated carbocycles. The molecule has 25 heavy (non-hydrogen) atoms. The number of esters is 1. The lowest BCUT2D eigenvalue weighted by molar-refractivity contribution is -0.153. The molecule has 2 nitrogen and oxygen atoms in total. The van der Waals surface area contributed by atoms with Crippen LogP contribution in [-0.2, 0) is 15.1 Å². The molecule has 0 spiro atoms. The van der Waals surface area contributed by atoms with Gasteiger partial charge in [0.25, 0.3) is 0 Å². The maximum atomic E-state index is 12.4. The largest absolute Gasteiger partial charge is 0.444 e. The summed E-state index contributed by atoms with van der Waals surface area (Å²) in [6.45, 7) is 1.83. The average Bonchev–Trinajstić information content (AvgIpc) is 2.68. The molecule has 0 fully saturated rings. The van der Waals surface area contributed by atoms with Crippen molar-refractivity contribution in [2.45, 2.75) is 28.7 Å². The van der Waals surface area contributed by atoms with Gasteiger partial charge in [0.2, 0.25) is 0 Å². The van der Waals surface area contributed by atoms with Crippen LogP contribution < -0.4 is 0 Å². The summed E-state index contributed by atoms with van der Waals surface area (Å²) in [5.74, 6) is -0.208. The van der Waals surface area contributed by atoms with E-state index in [9.17, 15) is 4.79 Å². The van der Waals surface area contributed by atoms with Crippen LogP contribution in [0.5, 0.6) is 0 Å². The molecule has 1 aliphatic heterocycles. The standard InChI is InChI=1S/C22H18O2S/c1-2-21(23)24-22(16-10-4-3-5-11-16)17-12-6-8-14-19(17)25-20-15-9-7-13-18(20)22/h3-15H,2H2,1H3. The summed E-state index contributed by atoms with van der Waals surface area (Å²) in [6, 6.07) is 26.4. The Morgan fingerprint density at radius 2 is 1.36 bits per heavy atom. The molecule has 124 valence electrons. The first-order valence-corrected chi connectivity index (χ1v) is 9.21. The number of hydrogen-bond donors (Lipinski definition) is 0. The van der Waals surface area contributed by atoms with Crippen molar-refractivity contribution in [2.75, 3.05) is 0 Å². The lowest BCUT2D eigenvalue weighted by Crippen LogP contribution is -2.37. The summed E-state index contributed by atoms with van der Waals surface area (Å²) >= 11 is 1.72. The van der Waals surface area contributed by atoms with E-state index in [1.807, 2.05) is 61.5 Å². The van der Waals surface area contributed by atoms with Crippen LogP contribution in [0.1, 0.15) is 30.0 Å². The first-order valence-electron chi connectivity index (χ1n) is 8.40. The quantitative estimate of drug-likeness (QED) is 0.594. The van der Waals surface area contributed by atoms with Gasteiger partial charge in [0.05, 0.1) is 0 Å². The number of hydrogen-bond acceptors (Lipinski definition) is 3. The van der Waals surface area contributed by atoms with Gasteiger partial charge in [-0.3, -0.25) is 4.79 Å². The molecule has 0 unspecified atom stereocenters. The van der Waals surface area contributed by atoms with E-state index in [1.165, 1.54) is 0 Å². The smallest absolute Gasteiger partial charge is 0.307 e. The van der Waals surface area contributed by atoms with Gasteiger partial charge in [-0.15, -0.1) is 0 Å². The maximum absolute atomic E-state index is 12.4. The monoisotopic (exact) mass is 346 g/mol. The second-order valence-corrected chi connectivity index (χ2v) is 7.05. The van der Waals surface area contributed by atoms with Crippen LogP contribution in [0.3, 0.4) is 0 Å². The predicted molar refractivity (Wildman–Crippen MR) is 99.7 cm³/mol. The Kier molecular flexibility index (Phi) is 4.10. The van der Waals surface area contributed by atoms with Gasteiger partial charge < -0.3 is 4.74 Å². The van der Waals surface area contributed by atoms with Gasteiger partial charge in [-0.2, -0.15) is 0 Å². The summed E-state index contributed by atoms with van der Waals surface area (Å²) in [4.78, 5) is 14.7. The Labute approximate surface area is 151 Å². The fourth-order valence-corrected chi connectivity index (χ4v) is 4.53. The summed E-state index contributed by atoms with van der Waals surface area (Å²) in [5.41, 5.74) is 2.10. The number of benzene rings is 3. The van der Waals surface area contributed by atoms with Crippen LogP contribution in [0.25, 0.3) is 0 Å². The van der Waals surface area contributed by atoms with E-state index in [1.54, 1.807) is 11.8 Å². The molecule has 0 N–H and O–H groups in total. The summed E-state index contributed by atoms with van der Waals surface area (Å²) in [7, 11) is 0. The van der Waals surface area contributed by atoms with Gasteiger partial charge in [-0.1, -0.05) is 85.4 Å². The SMILES string of the molecule is CCC(=O)OC1(c2ccccc2)c2ccccc2Sc2ccccc21. The van der Waals surface area contributed by atoms with Crippen LogP contribution in [0, 0.1) is 0 Å². The van der Waals surface area contributed by atoms with Gasteiger partial charge in [-0.05, 0) is 12.1 Å². The van der Waals surface area contributed by atoms with Crippen molar-refractivity contribution in [1.29, 1.82) is 0 Å². The minimum absolute atomic E-state index is 0.208. The third-order valence-electron chi connectivity index (χ3n) is 4.49. The van der Waals surface area contributed by atoms with Crippen molar-refractivity contribution < 1.29 is 9.53 Å². The Morgan fingerprint density at radius 3 is 1.92 bits per heavy atom. The minimum atomic E-state index is -0.910. The summed E-state index contributed by atoms with van der Waals surface area (Å²) in [6.07, 6.45) is 0.339. The molecular weight excluding hydrogens is 328 g/mol. The highest BCUT2D eigenvalue weighted by atomic mass is 32.2. The molecule has 0 aromatic heterocycles. The van der Waals surface area contributed by atoms with Crippen LogP contribution in [0.15, 0.2) is 88.7 Å². The van der Waals surface area contributed by atoms with Crippen molar-refractivity contribution in [3.05, 3.63) is 95.6 Å². The molecule has 0 amide bonds. The van der Waals surface area contributed by atoms with Gasteiger partial charge in [0.1, 0.15) is 0 Å². The van der Waals surface area contributed by atoms with E-state index >= 15 is 0 Å². The Bertz CT molecular complexity index is 873. The fraction of sp³-hybridized carbons (Fsp3) is 0.136. The summed E-state index contributed by atoms with van der Waals surface area (Å²) in [5, 5.41) is 0. The Hall–Kier alpha value is -2.52. The van der Waals surface area contributed by atoms with Crippen LogP contribution in [-0.4, -0.2) is 5.97 Å². The Balaban J connectivity index is 2.07. The fourth-order valence-electron chi connectivity index (χ4n) is 3.35. The van der Waals surface area contributed by atoms with E-state index in [0.29, 0.717) is 6.42 Å². The second-order valence-electron chi connectivity index (χ2n) is 5.97. The number of rotatable bonds is 3. The van der Waals surface area contributed by atoms with Crippen molar-refractivity contribution in [1.82, 2.24) is 0 Å². The van der Waals surface area contributed by atoms with Crippen LogP contribution in [0.4, 0.5) is 0 Å². The molecule has 1 heterocycles. The third kappa shape index (κ3) is 2.56. The van der Waals surface area contributed by atoms with Crippen molar-refractivity contribution >= 4 is 17.7 Å². The van der Waals surface area contributed by atoms with Crippen LogP contribution >= 0.6 is 11.8 Å². The lowest BCUT2D eigenvalue weighted by Gasteiger charge is -2.40. The van der Waals surface area contributed by atoms with E-state index in [0.717, 1.165) is 26.5 Å². The van der Waals surface area contributed by atoms with E-state index in [2.05, 4.69) is 24.3 Å².